The van der Waals surface area contributed by atoms with Crippen molar-refractivity contribution in [1.29, 1.82) is 0 Å². The number of benzene rings is 1. The van der Waals surface area contributed by atoms with E-state index in [0.29, 0.717) is 26.8 Å². The van der Waals surface area contributed by atoms with Crippen LogP contribution in [0.15, 0.2) is 27.7 Å². The molecule has 0 aliphatic carbocycles. The van der Waals surface area contributed by atoms with Crippen LogP contribution in [-0.4, -0.2) is 40.1 Å². The second kappa shape index (κ2) is 8.37. The summed E-state index contributed by atoms with van der Waals surface area (Å²) in [5.41, 5.74) is 5.24. The largest absolute Gasteiger partial charge is 0.445 e. The number of piperidine rings is 1. The van der Waals surface area contributed by atoms with E-state index in [9.17, 15) is 14.4 Å². The molecule has 2 heterocycles. The van der Waals surface area contributed by atoms with Gasteiger partial charge in [0.2, 0.25) is 0 Å². The highest BCUT2D eigenvalue weighted by Crippen LogP contribution is 2.25. The number of amides is 1. The summed E-state index contributed by atoms with van der Waals surface area (Å²) < 4.78 is 6.98. The van der Waals surface area contributed by atoms with Crippen molar-refractivity contribution in [2.24, 2.45) is 5.73 Å². The maximum absolute atomic E-state index is 12.6. The molecule has 2 aromatic rings. The smallest absolute Gasteiger partial charge is 0.404 e. The minimum atomic E-state index is -0.862. The van der Waals surface area contributed by atoms with Gasteiger partial charge in [0, 0.05) is 10.9 Å². The van der Waals surface area contributed by atoms with Crippen LogP contribution in [0.5, 0.6) is 0 Å². The van der Waals surface area contributed by atoms with Crippen LogP contribution >= 0.6 is 27.5 Å². The van der Waals surface area contributed by atoms with Gasteiger partial charge in [-0.2, -0.15) is 0 Å². The molecular formula is C17H18BrClN4O4. The molecule has 3 rings (SSSR count). The van der Waals surface area contributed by atoms with Gasteiger partial charge in [-0.1, -0.05) is 11.6 Å². The van der Waals surface area contributed by atoms with Gasteiger partial charge >= 0.3 is 6.09 Å². The standard InChI is InChI=1S/C17H18BrClN4O4/c18-11-6-13-10(5-12(11)19)16(25)23(8-22-13)7-9(24)4-14-15(27-17(20)26)2-1-3-21-14/h5-6,8,14-15,21H,1-4,7H2,(H2,20,26). The van der Waals surface area contributed by atoms with Crippen molar-refractivity contribution >= 4 is 50.3 Å². The molecule has 2 atom stereocenters. The lowest BCUT2D eigenvalue weighted by atomic mass is 9.96. The molecule has 1 aliphatic heterocycles. The van der Waals surface area contributed by atoms with Crippen LogP contribution in [0.25, 0.3) is 10.9 Å². The van der Waals surface area contributed by atoms with Crippen LogP contribution in [0, 0.1) is 0 Å². The van der Waals surface area contributed by atoms with Gasteiger partial charge in [0.15, 0.2) is 5.78 Å². The van der Waals surface area contributed by atoms with E-state index < -0.39 is 12.2 Å². The van der Waals surface area contributed by atoms with Crippen LogP contribution in [-0.2, 0) is 16.1 Å². The predicted octanol–water partition coefficient (Wildman–Crippen LogP) is 1.99. The molecule has 1 aromatic carbocycles. The predicted molar refractivity (Wildman–Crippen MR) is 104 cm³/mol. The lowest BCUT2D eigenvalue weighted by molar-refractivity contribution is -0.121. The molecule has 0 bridgehead atoms. The van der Waals surface area contributed by atoms with E-state index in [2.05, 4.69) is 26.2 Å². The summed E-state index contributed by atoms with van der Waals surface area (Å²) in [6.45, 7) is 0.596. The minimum Gasteiger partial charge on any atom is -0.445 e. The zero-order valence-electron chi connectivity index (χ0n) is 14.3. The number of fused-ring (bicyclic) bond motifs is 1. The topological polar surface area (TPSA) is 116 Å². The Morgan fingerprint density at radius 3 is 2.96 bits per heavy atom. The molecule has 27 heavy (non-hydrogen) atoms. The fraction of sp³-hybridized carbons (Fsp3) is 0.412. The van der Waals surface area contributed by atoms with Gasteiger partial charge in [-0.15, -0.1) is 0 Å². The number of rotatable bonds is 5. The zero-order chi connectivity index (χ0) is 19.6. The summed E-state index contributed by atoms with van der Waals surface area (Å²) in [4.78, 5) is 40.4. The molecule has 144 valence electrons. The quantitative estimate of drug-likeness (QED) is 0.709. The maximum atomic E-state index is 12.6. The lowest BCUT2D eigenvalue weighted by Gasteiger charge is -2.31. The van der Waals surface area contributed by atoms with E-state index in [1.54, 1.807) is 6.07 Å². The van der Waals surface area contributed by atoms with Crippen molar-refractivity contribution in [3.63, 3.8) is 0 Å². The number of carbonyl (C=O) groups excluding carboxylic acids is 2. The third kappa shape index (κ3) is 4.66. The summed E-state index contributed by atoms with van der Waals surface area (Å²) in [5, 5.41) is 3.90. The number of ketones is 1. The molecule has 1 aliphatic rings. The number of nitrogens with zero attached hydrogens (tertiary/aromatic N) is 2. The molecule has 0 saturated carbocycles. The zero-order valence-corrected chi connectivity index (χ0v) is 16.6. The molecular weight excluding hydrogens is 440 g/mol. The van der Waals surface area contributed by atoms with Crippen LogP contribution < -0.4 is 16.6 Å². The van der Waals surface area contributed by atoms with Crippen LogP contribution in [0.3, 0.4) is 0 Å². The van der Waals surface area contributed by atoms with Crippen molar-refractivity contribution < 1.29 is 14.3 Å². The van der Waals surface area contributed by atoms with Gasteiger partial charge in [0.05, 0.1) is 34.8 Å². The van der Waals surface area contributed by atoms with Crippen LogP contribution in [0.1, 0.15) is 19.3 Å². The number of hydrogen-bond acceptors (Lipinski definition) is 6. The second-order valence-electron chi connectivity index (χ2n) is 6.38. The van der Waals surface area contributed by atoms with Crippen LogP contribution in [0.4, 0.5) is 4.79 Å². The highest BCUT2D eigenvalue weighted by Gasteiger charge is 2.29. The molecule has 2 unspecified atom stereocenters. The number of primary amides is 1. The summed E-state index contributed by atoms with van der Waals surface area (Å²) in [6, 6.07) is 2.85. The Hall–Kier alpha value is -1.97. The van der Waals surface area contributed by atoms with Crippen LogP contribution in [0.2, 0.25) is 5.02 Å². The van der Waals surface area contributed by atoms with Crippen molar-refractivity contribution in [2.45, 2.75) is 38.0 Å². The van der Waals surface area contributed by atoms with Gasteiger partial charge in [0.1, 0.15) is 6.10 Å². The Labute approximate surface area is 168 Å². The minimum absolute atomic E-state index is 0.115. The first-order valence-electron chi connectivity index (χ1n) is 8.40. The van der Waals surface area contributed by atoms with Crippen molar-refractivity contribution in [2.75, 3.05) is 6.54 Å². The molecule has 8 nitrogen and oxygen atoms in total. The van der Waals surface area contributed by atoms with E-state index in [1.165, 1.54) is 17.0 Å². The molecule has 10 heteroatoms. The number of Topliss-reactive ketones (excluding diaryl/α,β-unsaturated/α-hetero) is 1. The van der Waals surface area contributed by atoms with Gasteiger partial charge < -0.3 is 15.8 Å². The summed E-state index contributed by atoms with van der Waals surface area (Å²) in [7, 11) is 0. The Kier molecular flexibility index (Phi) is 6.13. The fourth-order valence-electron chi connectivity index (χ4n) is 3.18. The average Bonchev–Trinajstić information content (AvgIpc) is 2.61. The first kappa shape index (κ1) is 19.8. The number of halogens is 2. The van der Waals surface area contributed by atoms with Crippen molar-refractivity contribution in [3.8, 4) is 0 Å². The molecule has 1 saturated heterocycles. The molecule has 1 amide bonds. The third-order valence-corrected chi connectivity index (χ3v) is 5.65. The number of hydrogen-bond donors (Lipinski definition) is 2. The average molecular weight is 458 g/mol. The number of nitrogens with one attached hydrogen (secondary N) is 1. The number of aromatic nitrogens is 2. The molecule has 0 radical (unpaired) electrons. The SMILES string of the molecule is NC(=O)OC1CCCNC1CC(=O)Cn1cnc2cc(Br)c(Cl)cc2c1=O. The number of carbonyl (C=O) groups is 2. The number of ether oxygens (including phenoxy) is 1. The summed E-state index contributed by atoms with van der Waals surface area (Å²) >= 11 is 9.35. The van der Waals surface area contributed by atoms with E-state index in [1.807, 2.05) is 0 Å². The normalized spacial score (nSPS) is 19.8. The second-order valence-corrected chi connectivity index (χ2v) is 7.64. The third-order valence-electron chi connectivity index (χ3n) is 4.45. The molecule has 3 N–H and O–H groups in total. The highest BCUT2D eigenvalue weighted by molar-refractivity contribution is 9.10. The Balaban J connectivity index is 1.75. The highest BCUT2D eigenvalue weighted by atomic mass is 79.9. The Bertz CT molecular complexity index is 948. The molecule has 1 aromatic heterocycles. The monoisotopic (exact) mass is 456 g/mol. The first-order valence-corrected chi connectivity index (χ1v) is 9.57. The molecule has 0 spiro atoms. The van der Waals surface area contributed by atoms with Gasteiger partial charge in [-0.05, 0) is 47.4 Å². The summed E-state index contributed by atoms with van der Waals surface area (Å²) in [6.07, 6.45) is 1.60. The first-order chi connectivity index (χ1) is 12.8. The van der Waals surface area contributed by atoms with Gasteiger partial charge in [-0.3, -0.25) is 14.2 Å². The maximum Gasteiger partial charge on any atom is 0.404 e. The van der Waals surface area contributed by atoms with Gasteiger partial charge in [-0.25, -0.2) is 9.78 Å². The number of nitrogens with two attached hydrogens (primary N) is 1. The van der Waals surface area contributed by atoms with E-state index in [4.69, 9.17) is 22.1 Å². The van der Waals surface area contributed by atoms with E-state index in [-0.39, 0.29) is 30.3 Å². The van der Waals surface area contributed by atoms with Crippen molar-refractivity contribution in [1.82, 2.24) is 14.9 Å². The molecule has 1 fully saturated rings. The lowest BCUT2D eigenvalue weighted by Crippen LogP contribution is -2.49. The Morgan fingerprint density at radius 1 is 1.44 bits per heavy atom. The van der Waals surface area contributed by atoms with E-state index >= 15 is 0 Å². The Morgan fingerprint density at radius 2 is 2.22 bits per heavy atom. The van der Waals surface area contributed by atoms with Crippen molar-refractivity contribution in [3.05, 3.63) is 38.3 Å². The summed E-state index contributed by atoms with van der Waals surface area (Å²) in [5.74, 6) is -0.182. The van der Waals surface area contributed by atoms with E-state index in [0.717, 1.165) is 13.0 Å². The fourth-order valence-corrected chi connectivity index (χ4v) is 3.68. The van der Waals surface area contributed by atoms with Gasteiger partial charge in [0.25, 0.3) is 5.56 Å².